The lowest BCUT2D eigenvalue weighted by Gasteiger charge is -2.19. The largest absolute Gasteiger partial charge is 0.333 e. The van der Waals surface area contributed by atoms with Crippen LogP contribution < -0.4 is 10.9 Å². The highest BCUT2D eigenvalue weighted by Gasteiger charge is 2.19. The molecule has 20 heavy (non-hydrogen) atoms. The molecule has 0 atom stereocenters. The molecule has 108 valence electrons. The average Bonchev–Trinajstić information content (AvgIpc) is 2.90. The lowest BCUT2D eigenvalue weighted by Crippen LogP contribution is -2.47. The van der Waals surface area contributed by atoms with Crippen molar-refractivity contribution < 1.29 is 14.4 Å². The van der Waals surface area contributed by atoms with E-state index in [1.165, 1.54) is 11.3 Å². The van der Waals surface area contributed by atoms with Crippen molar-refractivity contribution in [3.63, 3.8) is 0 Å². The minimum atomic E-state index is -0.384. The standard InChI is InChI=1S/C13H17N3O3S/c17-11(9-16-7-3-1-2-6-12(16)18)14-15-13(19)10-5-4-8-20-10/h4-5,8H,1-3,6-7,9H2,(H,14,17)(H,15,19). The molecule has 0 spiro atoms. The molecule has 1 aliphatic heterocycles. The van der Waals surface area contributed by atoms with E-state index >= 15 is 0 Å². The maximum Gasteiger partial charge on any atom is 0.279 e. The summed E-state index contributed by atoms with van der Waals surface area (Å²) in [6.07, 6.45) is 3.31. The normalized spacial score (nSPS) is 15.6. The number of nitrogens with zero attached hydrogens (tertiary/aromatic N) is 1. The molecule has 0 bridgehead atoms. The molecule has 0 aliphatic carbocycles. The summed E-state index contributed by atoms with van der Waals surface area (Å²) in [6, 6.07) is 3.43. The van der Waals surface area contributed by atoms with Crippen LogP contribution in [-0.4, -0.2) is 35.7 Å². The van der Waals surface area contributed by atoms with Gasteiger partial charge in [-0.1, -0.05) is 12.5 Å². The molecule has 1 aromatic heterocycles. The predicted molar refractivity (Wildman–Crippen MR) is 75.0 cm³/mol. The van der Waals surface area contributed by atoms with Crippen LogP contribution in [0.2, 0.25) is 0 Å². The summed E-state index contributed by atoms with van der Waals surface area (Å²) in [5.74, 6) is -0.733. The quantitative estimate of drug-likeness (QED) is 0.814. The molecule has 2 rings (SSSR count). The Hall–Kier alpha value is -1.89. The fourth-order valence-electron chi connectivity index (χ4n) is 2.01. The molecule has 1 fully saturated rings. The van der Waals surface area contributed by atoms with Gasteiger partial charge in [-0.2, -0.15) is 0 Å². The number of hydrazine groups is 1. The second kappa shape index (κ2) is 7.04. The van der Waals surface area contributed by atoms with Crippen LogP contribution >= 0.6 is 11.3 Å². The average molecular weight is 295 g/mol. The van der Waals surface area contributed by atoms with E-state index in [0.29, 0.717) is 17.8 Å². The zero-order valence-corrected chi connectivity index (χ0v) is 11.9. The van der Waals surface area contributed by atoms with Crippen molar-refractivity contribution >= 4 is 29.1 Å². The maximum absolute atomic E-state index is 11.7. The van der Waals surface area contributed by atoms with Crippen LogP contribution in [0.4, 0.5) is 0 Å². The van der Waals surface area contributed by atoms with Crippen LogP contribution in [0.1, 0.15) is 35.4 Å². The third-order valence-corrected chi connectivity index (χ3v) is 3.93. The van der Waals surface area contributed by atoms with Crippen molar-refractivity contribution in [2.75, 3.05) is 13.1 Å². The Morgan fingerprint density at radius 2 is 2.10 bits per heavy atom. The summed E-state index contributed by atoms with van der Waals surface area (Å²) in [5, 5.41) is 1.78. The van der Waals surface area contributed by atoms with E-state index in [2.05, 4.69) is 10.9 Å². The highest BCUT2D eigenvalue weighted by Crippen LogP contribution is 2.10. The molecule has 0 unspecified atom stereocenters. The SMILES string of the molecule is O=C(CN1CCCCCC1=O)NNC(=O)c1cccs1. The van der Waals surface area contributed by atoms with Gasteiger partial charge in [0.1, 0.15) is 6.54 Å². The number of likely N-dealkylation sites (tertiary alicyclic amines) is 1. The van der Waals surface area contributed by atoms with E-state index in [1.54, 1.807) is 22.4 Å². The van der Waals surface area contributed by atoms with E-state index in [9.17, 15) is 14.4 Å². The van der Waals surface area contributed by atoms with Crippen molar-refractivity contribution in [3.05, 3.63) is 22.4 Å². The minimum absolute atomic E-state index is 0.00207. The zero-order chi connectivity index (χ0) is 14.4. The van der Waals surface area contributed by atoms with Gasteiger partial charge in [-0.05, 0) is 24.3 Å². The van der Waals surface area contributed by atoms with Gasteiger partial charge < -0.3 is 4.90 Å². The van der Waals surface area contributed by atoms with Crippen molar-refractivity contribution in [1.29, 1.82) is 0 Å². The van der Waals surface area contributed by atoms with Crippen LogP contribution in [0.25, 0.3) is 0 Å². The van der Waals surface area contributed by atoms with Gasteiger partial charge in [0.25, 0.3) is 11.8 Å². The molecule has 1 saturated heterocycles. The first kappa shape index (κ1) is 14.5. The molecule has 6 nitrogen and oxygen atoms in total. The van der Waals surface area contributed by atoms with E-state index in [4.69, 9.17) is 0 Å². The third kappa shape index (κ3) is 4.06. The Morgan fingerprint density at radius 3 is 2.85 bits per heavy atom. The minimum Gasteiger partial charge on any atom is -0.333 e. The highest BCUT2D eigenvalue weighted by molar-refractivity contribution is 7.12. The predicted octanol–water partition coefficient (Wildman–Crippen LogP) is 0.912. The summed E-state index contributed by atoms with van der Waals surface area (Å²) in [6.45, 7) is 0.592. The number of nitrogens with one attached hydrogen (secondary N) is 2. The van der Waals surface area contributed by atoms with Gasteiger partial charge in [-0.25, -0.2) is 0 Å². The van der Waals surface area contributed by atoms with Gasteiger partial charge in [0.05, 0.1) is 4.88 Å². The number of hydrogen-bond donors (Lipinski definition) is 2. The third-order valence-electron chi connectivity index (χ3n) is 3.07. The number of thiophene rings is 1. The molecular weight excluding hydrogens is 278 g/mol. The van der Waals surface area contributed by atoms with E-state index in [-0.39, 0.29) is 24.3 Å². The summed E-state index contributed by atoms with van der Waals surface area (Å²) in [5.41, 5.74) is 4.67. The van der Waals surface area contributed by atoms with Crippen LogP contribution in [-0.2, 0) is 9.59 Å². The molecule has 0 saturated carbocycles. The Balaban J connectivity index is 1.77. The number of rotatable bonds is 3. The van der Waals surface area contributed by atoms with Crippen LogP contribution in [0.5, 0.6) is 0 Å². The fourth-order valence-corrected chi connectivity index (χ4v) is 2.63. The first-order valence-electron chi connectivity index (χ1n) is 6.57. The molecule has 1 aliphatic rings. The smallest absolute Gasteiger partial charge is 0.279 e. The van der Waals surface area contributed by atoms with Crippen molar-refractivity contribution in [2.24, 2.45) is 0 Å². The molecule has 2 heterocycles. The topological polar surface area (TPSA) is 78.5 Å². The summed E-state index contributed by atoms with van der Waals surface area (Å²) < 4.78 is 0. The number of hydrogen-bond acceptors (Lipinski definition) is 4. The maximum atomic E-state index is 11.7. The molecular formula is C13H17N3O3S. The van der Waals surface area contributed by atoms with Gasteiger partial charge in [0.2, 0.25) is 5.91 Å². The molecule has 1 aromatic rings. The monoisotopic (exact) mass is 295 g/mol. The molecule has 0 radical (unpaired) electrons. The summed E-state index contributed by atoms with van der Waals surface area (Å²) in [7, 11) is 0. The summed E-state index contributed by atoms with van der Waals surface area (Å²) in [4.78, 5) is 37.2. The highest BCUT2D eigenvalue weighted by atomic mass is 32.1. The van der Waals surface area contributed by atoms with Crippen LogP contribution in [0.3, 0.4) is 0 Å². The van der Waals surface area contributed by atoms with E-state index in [0.717, 1.165) is 19.3 Å². The van der Waals surface area contributed by atoms with E-state index in [1.807, 2.05) is 0 Å². The van der Waals surface area contributed by atoms with Crippen molar-refractivity contribution in [2.45, 2.75) is 25.7 Å². The van der Waals surface area contributed by atoms with Crippen LogP contribution in [0, 0.1) is 0 Å². The Kier molecular flexibility index (Phi) is 5.11. The molecule has 3 amide bonds. The van der Waals surface area contributed by atoms with Gasteiger partial charge in [-0.15, -0.1) is 11.3 Å². The van der Waals surface area contributed by atoms with Gasteiger partial charge in [0, 0.05) is 13.0 Å². The van der Waals surface area contributed by atoms with Crippen molar-refractivity contribution in [1.82, 2.24) is 15.8 Å². The lowest BCUT2D eigenvalue weighted by atomic mass is 10.2. The number of amides is 3. The second-order valence-electron chi connectivity index (χ2n) is 4.61. The van der Waals surface area contributed by atoms with Crippen molar-refractivity contribution in [3.8, 4) is 0 Å². The molecule has 7 heteroatoms. The van der Waals surface area contributed by atoms with E-state index < -0.39 is 0 Å². The second-order valence-corrected chi connectivity index (χ2v) is 5.55. The lowest BCUT2D eigenvalue weighted by molar-refractivity contribution is -0.135. The van der Waals surface area contributed by atoms with Gasteiger partial charge >= 0.3 is 0 Å². The molecule has 0 aromatic carbocycles. The first-order valence-corrected chi connectivity index (χ1v) is 7.45. The summed E-state index contributed by atoms with van der Waals surface area (Å²) >= 11 is 1.29. The Labute approximate surface area is 121 Å². The molecule has 2 N–H and O–H groups in total. The van der Waals surface area contributed by atoms with Crippen LogP contribution in [0.15, 0.2) is 17.5 Å². The first-order chi connectivity index (χ1) is 9.66. The number of carbonyl (C=O) groups is 3. The Morgan fingerprint density at radius 1 is 1.25 bits per heavy atom. The Bertz CT molecular complexity index is 487. The van der Waals surface area contributed by atoms with Gasteiger partial charge in [0.15, 0.2) is 0 Å². The zero-order valence-electron chi connectivity index (χ0n) is 11.1. The number of carbonyl (C=O) groups excluding carboxylic acids is 3. The van der Waals surface area contributed by atoms with Gasteiger partial charge in [-0.3, -0.25) is 25.2 Å². The fraction of sp³-hybridized carbons (Fsp3) is 0.462.